The Morgan fingerprint density at radius 2 is 1.52 bits per heavy atom. The SMILES string of the molecule is CN(C)C(=O)CNC(=O)C(NC(=O)c1ccc(-c2ccc(OCCO)cc2)cc1)C(=O)NO. The van der Waals surface area contributed by atoms with Crippen LogP contribution in [0.3, 0.4) is 0 Å². The summed E-state index contributed by atoms with van der Waals surface area (Å²) in [5.41, 5.74) is 3.17. The lowest BCUT2D eigenvalue weighted by Gasteiger charge is -2.17. The highest BCUT2D eigenvalue weighted by Crippen LogP contribution is 2.23. The average Bonchev–Trinajstić information content (AvgIpc) is 2.84. The average molecular weight is 458 g/mol. The molecule has 33 heavy (non-hydrogen) atoms. The third-order valence-electron chi connectivity index (χ3n) is 4.52. The number of amides is 4. The fraction of sp³-hybridized carbons (Fsp3) is 0.273. The molecule has 0 fully saturated rings. The lowest BCUT2D eigenvalue weighted by molar-refractivity contribution is -0.139. The Labute approximate surface area is 190 Å². The van der Waals surface area contributed by atoms with Gasteiger partial charge in [-0.25, -0.2) is 5.48 Å². The highest BCUT2D eigenvalue weighted by Gasteiger charge is 2.29. The van der Waals surface area contributed by atoms with Gasteiger partial charge in [0.15, 0.2) is 6.04 Å². The molecule has 0 heterocycles. The van der Waals surface area contributed by atoms with E-state index >= 15 is 0 Å². The van der Waals surface area contributed by atoms with Crippen LogP contribution in [0.5, 0.6) is 5.75 Å². The van der Waals surface area contributed by atoms with E-state index in [-0.39, 0.29) is 25.3 Å². The zero-order valence-electron chi connectivity index (χ0n) is 18.2. The number of aliphatic hydroxyl groups excluding tert-OH is 1. The Hall–Kier alpha value is -3.96. The summed E-state index contributed by atoms with van der Waals surface area (Å²) in [5.74, 6) is -2.63. The van der Waals surface area contributed by atoms with E-state index in [1.807, 2.05) is 12.1 Å². The number of aliphatic hydroxyl groups is 1. The van der Waals surface area contributed by atoms with Crippen LogP contribution in [0.2, 0.25) is 0 Å². The minimum absolute atomic E-state index is 0.0814. The minimum atomic E-state index is -1.75. The summed E-state index contributed by atoms with van der Waals surface area (Å²) in [6, 6.07) is 11.8. The molecule has 0 radical (unpaired) electrons. The molecular formula is C22H26N4O7. The maximum atomic E-state index is 12.6. The van der Waals surface area contributed by atoms with Gasteiger partial charge in [-0.15, -0.1) is 0 Å². The van der Waals surface area contributed by atoms with Gasteiger partial charge in [0, 0.05) is 19.7 Å². The first-order valence-electron chi connectivity index (χ1n) is 9.93. The molecule has 1 unspecified atom stereocenters. The van der Waals surface area contributed by atoms with E-state index in [0.717, 1.165) is 11.1 Å². The van der Waals surface area contributed by atoms with Crippen LogP contribution in [-0.2, 0) is 14.4 Å². The molecule has 11 nitrogen and oxygen atoms in total. The van der Waals surface area contributed by atoms with E-state index < -0.39 is 29.7 Å². The van der Waals surface area contributed by atoms with Crippen molar-refractivity contribution in [3.8, 4) is 16.9 Å². The summed E-state index contributed by atoms with van der Waals surface area (Å²) < 4.78 is 5.32. The van der Waals surface area contributed by atoms with Gasteiger partial charge < -0.3 is 25.4 Å². The third kappa shape index (κ3) is 7.30. The number of hydrogen-bond acceptors (Lipinski definition) is 7. The molecule has 1 atom stereocenters. The lowest BCUT2D eigenvalue weighted by Crippen LogP contribution is -2.55. The van der Waals surface area contributed by atoms with Crippen LogP contribution in [0, 0.1) is 0 Å². The van der Waals surface area contributed by atoms with E-state index in [1.54, 1.807) is 24.3 Å². The van der Waals surface area contributed by atoms with Gasteiger partial charge in [0.1, 0.15) is 12.4 Å². The molecule has 0 aliphatic rings. The number of rotatable bonds is 10. The van der Waals surface area contributed by atoms with Crippen LogP contribution in [0.15, 0.2) is 48.5 Å². The minimum Gasteiger partial charge on any atom is -0.491 e. The molecule has 2 rings (SSSR count). The Balaban J connectivity index is 2.06. The Morgan fingerprint density at radius 3 is 2.03 bits per heavy atom. The third-order valence-corrected chi connectivity index (χ3v) is 4.52. The van der Waals surface area contributed by atoms with E-state index in [9.17, 15) is 19.2 Å². The van der Waals surface area contributed by atoms with Crippen molar-refractivity contribution in [3.63, 3.8) is 0 Å². The molecule has 176 valence electrons. The summed E-state index contributed by atoms with van der Waals surface area (Å²) in [5, 5.41) is 22.2. The summed E-state index contributed by atoms with van der Waals surface area (Å²) in [7, 11) is 2.99. The molecule has 4 amide bonds. The Kier molecular flexibility index (Phi) is 9.33. The van der Waals surface area contributed by atoms with Gasteiger partial charge in [-0.3, -0.25) is 24.4 Å². The van der Waals surface area contributed by atoms with E-state index in [0.29, 0.717) is 5.75 Å². The van der Waals surface area contributed by atoms with Gasteiger partial charge in [0.05, 0.1) is 13.2 Å². The predicted molar refractivity (Wildman–Crippen MR) is 117 cm³/mol. The van der Waals surface area contributed by atoms with Gasteiger partial charge >= 0.3 is 0 Å². The quantitative estimate of drug-likeness (QED) is 0.183. The number of ether oxygens (including phenoxy) is 1. The molecule has 0 bridgehead atoms. The highest BCUT2D eigenvalue weighted by atomic mass is 16.5. The van der Waals surface area contributed by atoms with Gasteiger partial charge in [-0.05, 0) is 35.4 Å². The normalized spacial score (nSPS) is 11.2. The summed E-state index contributed by atoms with van der Waals surface area (Å²) in [6.45, 7) is -0.264. The Morgan fingerprint density at radius 1 is 0.939 bits per heavy atom. The molecule has 5 N–H and O–H groups in total. The lowest BCUT2D eigenvalue weighted by atomic mass is 10.0. The molecule has 0 spiro atoms. The topological polar surface area (TPSA) is 157 Å². The molecule has 0 saturated carbocycles. The predicted octanol–water partition coefficient (Wildman–Crippen LogP) is -0.467. The zero-order valence-corrected chi connectivity index (χ0v) is 18.2. The first kappa shape index (κ1) is 25.3. The highest BCUT2D eigenvalue weighted by molar-refractivity contribution is 6.09. The second-order valence-electron chi connectivity index (χ2n) is 7.06. The molecule has 0 aliphatic heterocycles. The maximum absolute atomic E-state index is 12.6. The smallest absolute Gasteiger partial charge is 0.275 e. The van der Waals surface area contributed by atoms with Crippen molar-refractivity contribution in [3.05, 3.63) is 54.1 Å². The second-order valence-corrected chi connectivity index (χ2v) is 7.06. The number of hydroxylamine groups is 1. The monoisotopic (exact) mass is 458 g/mol. The molecule has 11 heteroatoms. The van der Waals surface area contributed by atoms with Crippen molar-refractivity contribution in [1.82, 2.24) is 21.0 Å². The molecule has 0 aromatic heterocycles. The fourth-order valence-corrected chi connectivity index (χ4v) is 2.67. The number of nitrogens with one attached hydrogen (secondary N) is 3. The van der Waals surface area contributed by atoms with E-state index in [1.165, 1.54) is 36.6 Å². The number of likely N-dealkylation sites (N-methyl/N-ethyl adjacent to an activating group) is 1. The molecule has 2 aromatic rings. The summed E-state index contributed by atoms with van der Waals surface area (Å²) in [6.07, 6.45) is 0. The van der Waals surface area contributed by atoms with Crippen molar-refractivity contribution in [2.45, 2.75) is 6.04 Å². The summed E-state index contributed by atoms with van der Waals surface area (Å²) in [4.78, 5) is 49.6. The maximum Gasteiger partial charge on any atom is 0.275 e. The van der Waals surface area contributed by atoms with Crippen LogP contribution in [0.1, 0.15) is 10.4 Å². The molecule has 0 saturated heterocycles. The van der Waals surface area contributed by atoms with E-state index in [4.69, 9.17) is 15.1 Å². The van der Waals surface area contributed by atoms with Gasteiger partial charge in [0.2, 0.25) is 5.91 Å². The first-order chi connectivity index (χ1) is 15.8. The largest absolute Gasteiger partial charge is 0.491 e. The van der Waals surface area contributed by atoms with Crippen molar-refractivity contribution < 1.29 is 34.2 Å². The van der Waals surface area contributed by atoms with Crippen molar-refractivity contribution in [1.29, 1.82) is 0 Å². The number of carbonyl (C=O) groups is 4. The van der Waals surface area contributed by atoms with Crippen LogP contribution < -0.4 is 20.9 Å². The van der Waals surface area contributed by atoms with Gasteiger partial charge in [-0.1, -0.05) is 24.3 Å². The molecule has 0 aliphatic carbocycles. The number of carbonyl (C=O) groups excluding carboxylic acids is 4. The molecular weight excluding hydrogens is 432 g/mol. The van der Waals surface area contributed by atoms with Crippen LogP contribution in [-0.4, -0.2) is 78.7 Å². The standard InChI is InChI=1S/C22H26N4O7/c1-26(2)18(28)13-23-21(30)19(22(31)25-32)24-20(29)16-5-3-14(4-6-16)15-7-9-17(10-8-15)33-12-11-27/h3-10,19,27,32H,11-13H2,1-2H3,(H,23,30)(H,24,29)(H,25,31). The Bertz CT molecular complexity index is 975. The second kappa shape index (κ2) is 12.2. The van der Waals surface area contributed by atoms with Crippen LogP contribution in [0.25, 0.3) is 11.1 Å². The van der Waals surface area contributed by atoms with Crippen molar-refractivity contribution in [2.24, 2.45) is 0 Å². The van der Waals surface area contributed by atoms with Gasteiger partial charge in [-0.2, -0.15) is 0 Å². The first-order valence-corrected chi connectivity index (χ1v) is 9.93. The van der Waals surface area contributed by atoms with Crippen molar-refractivity contribution >= 4 is 23.6 Å². The van der Waals surface area contributed by atoms with Crippen LogP contribution in [0.4, 0.5) is 0 Å². The van der Waals surface area contributed by atoms with E-state index in [2.05, 4.69) is 10.6 Å². The summed E-state index contributed by atoms with van der Waals surface area (Å²) >= 11 is 0. The van der Waals surface area contributed by atoms with Crippen LogP contribution >= 0.6 is 0 Å². The fourth-order valence-electron chi connectivity index (χ4n) is 2.67. The number of benzene rings is 2. The number of hydrogen-bond donors (Lipinski definition) is 5. The molecule has 2 aromatic carbocycles. The zero-order chi connectivity index (χ0) is 24.4. The van der Waals surface area contributed by atoms with Gasteiger partial charge in [0.25, 0.3) is 17.7 Å². The van der Waals surface area contributed by atoms with Crippen molar-refractivity contribution in [2.75, 3.05) is 33.9 Å². The number of nitrogens with zero attached hydrogens (tertiary/aromatic N) is 1.